The quantitative estimate of drug-likeness (QED) is 0.785. The standard InChI is InChI=1S/C21H29N5O/c1-25(18-7-8-18)21-23-19(22-11-14-27)15-20(24-21)26-12-9-17(10-13-26)16-5-3-2-4-6-16/h2-6,15,17-18,27H,7-14H2,1H3,(H,22,23,24). The summed E-state index contributed by atoms with van der Waals surface area (Å²) in [5.41, 5.74) is 1.44. The van der Waals surface area contributed by atoms with Crippen molar-refractivity contribution in [3.05, 3.63) is 42.0 Å². The van der Waals surface area contributed by atoms with Crippen LogP contribution in [0.15, 0.2) is 36.4 Å². The molecule has 2 heterocycles. The van der Waals surface area contributed by atoms with E-state index >= 15 is 0 Å². The summed E-state index contributed by atoms with van der Waals surface area (Å²) in [5.74, 6) is 3.19. The fourth-order valence-electron chi connectivity index (χ4n) is 3.81. The lowest BCUT2D eigenvalue weighted by atomic mass is 9.89. The van der Waals surface area contributed by atoms with Crippen LogP contribution in [0.3, 0.4) is 0 Å². The number of piperidine rings is 1. The fraction of sp³-hybridized carbons (Fsp3) is 0.524. The minimum absolute atomic E-state index is 0.0929. The van der Waals surface area contributed by atoms with Gasteiger partial charge < -0.3 is 20.2 Å². The molecular weight excluding hydrogens is 338 g/mol. The van der Waals surface area contributed by atoms with Crippen LogP contribution in [0, 0.1) is 0 Å². The Morgan fingerprint density at radius 2 is 1.85 bits per heavy atom. The van der Waals surface area contributed by atoms with Gasteiger partial charge in [-0.25, -0.2) is 0 Å². The average Bonchev–Trinajstić information content (AvgIpc) is 3.58. The molecule has 1 aliphatic heterocycles. The number of nitrogens with zero attached hydrogens (tertiary/aromatic N) is 4. The van der Waals surface area contributed by atoms with Gasteiger partial charge in [-0.15, -0.1) is 0 Å². The molecule has 1 aromatic heterocycles. The Balaban J connectivity index is 1.49. The van der Waals surface area contributed by atoms with Crippen molar-refractivity contribution in [2.24, 2.45) is 0 Å². The first-order chi connectivity index (χ1) is 13.2. The van der Waals surface area contributed by atoms with E-state index in [1.165, 1.54) is 18.4 Å². The third-order valence-corrected chi connectivity index (χ3v) is 5.62. The van der Waals surface area contributed by atoms with Gasteiger partial charge in [-0.3, -0.25) is 0 Å². The maximum Gasteiger partial charge on any atom is 0.229 e. The summed E-state index contributed by atoms with van der Waals surface area (Å²) in [4.78, 5) is 14.1. The summed E-state index contributed by atoms with van der Waals surface area (Å²) in [6.45, 7) is 2.60. The summed E-state index contributed by atoms with van der Waals surface area (Å²) < 4.78 is 0. The van der Waals surface area contributed by atoms with Crippen LogP contribution in [0.1, 0.15) is 37.2 Å². The lowest BCUT2D eigenvalue weighted by molar-refractivity contribution is 0.311. The van der Waals surface area contributed by atoms with Crippen LogP contribution in [0.2, 0.25) is 0 Å². The molecule has 2 fully saturated rings. The summed E-state index contributed by atoms with van der Waals surface area (Å²) >= 11 is 0. The molecule has 0 radical (unpaired) electrons. The molecule has 1 aliphatic carbocycles. The van der Waals surface area contributed by atoms with Crippen LogP contribution < -0.4 is 15.1 Å². The highest BCUT2D eigenvalue weighted by Crippen LogP contribution is 2.33. The van der Waals surface area contributed by atoms with Gasteiger partial charge in [0.1, 0.15) is 11.6 Å². The highest BCUT2D eigenvalue weighted by atomic mass is 16.3. The minimum atomic E-state index is 0.0929. The first kappa shape index (κ1) is 18.0. The maximum absolute atomic E-state index is 9.13. The molecule has 27 heavy (non-hydrogen) atoms. The zero-order chi connectivity index (χ0) is 18.6. The Hall–Kier alpha value is -2.34. The predicted molar refractivity (Wildman–Crippen MR) is 110 cm³/mol. The number of aromatic nitrogens is 2. The molecule has 2 N–H and O–H groups in total. The number of rotatable bonds is 7. The second-order valence-corrected chi connectivity index (χ2v) is 7.58. The van der Waals surface area contributed by atoms with Crippen LogP contribution in [0.25, 0.3) is 0 Å². The Kier molecular flexibility index (Phi) is 5.43. The zero-order valence-electron chi connectivity index (χ0n) is 16.0. The normalized spacial score (nSPS) is 17.8. The number of benzene rings is 1. The molecule has 0 spiro atoms. The van der Waals surface area contributed by atoms with E-state index < -0.39 is 0 Å². The van der Waals surface area contributed by atoms with Crippen molar-refractivity contribution in [3.8, 4) is 0 Å². The Labute approximate surface area is 161 Å². The molecule has 4 rings (SSSR count). The van der Waals surface area contributed by atoms with Crippen LogP contribution in [0.5, 0.6) is 0 Å². The van der Waals surface area contributed by atoms with Gasteiger partial charge in [0.05, 0.1) is 6.61 Å². The second kappa shape index (κ2) is 8.13. The van der Waals surface area contributed by atoms with Crippen LogP contribution in [-0.4, -0.2) is 54.4 Å². The summed E-state index contributed by atoms with van der Waals surface area (Å²) in [6, 6.07) is 13.4. The number of nitrogens with one attached hydrogen (secondary N) is 1. The number of aliphatic hydroxyl groups is 1. The topological polar surface area (TPSA) is 64.5 Å². The highest BCUT2D eigenvalue weighted by molar-refractivity contribution is 5.55. The SMILES string of the molecule is CN(c1nc(NCCO)cc(N2CCC(c3ccccc3)CC2)n1)C1CC1. The van der Waals surface area contributed by atoms with Crippen LogP contribution >= 0.6 is 0 Å². The van der Waals surface area contributed by atoms with Gasteiger partial charge in [0, 0.05) is 38.8 Å². The first-order valence-corrected chi connectivity index (χ1v) is 10.0. The van der Waals surface area contributed by atoms with Crippen molar-refractivity contribution in [1.29, 1.82) is 0 Å². The second-order valence-electron chi connectivity index (χ2n) is 7.58. The Morgan fingerprint density at radius 3 is 2.52 bits per heavy atom. The van der Waals surface area contributed by atoms with Gasteiger partial charge in [-0.1, -0.05) is 30.3 Å². The molecular formula is C21H29N5O. The molecule has 1 saturated carbocycles. The Morgan fingerprint density at radius 1 is 1.11 bits per heavy atom. The lowest BCUT2D eigenvalue weighted by Crippen LogP contribution is -2.34. The van der Waals surface area contributed by atoms with Gasteiger partial charge in [0.15, 0.2) is 0 Å². The Bertz CT molecular complexity index is 741. The van der Waals surface area contributed by atoms with Crippen LogP contribution in [-0.2, 0) is 0 Å². The molecule has 2 aromatic rings. The maximum atomic E-state index is 9.13. The number of anilines is 3. The average molecular weight is 367 g/mol. The van der Waals surface area contributed by atoms with Crippen molar-refractivity contribution in [2.75, 3.05) is 48.4 Å². The molecule has 2 aliphatic rings. The fourth-order valence-corrected chi connectivity index (χ4v) is 3.81. The monoisotopic (exact) mass is 367 g/mol. The van der Waals surface area contributed by atoms with Gasteiger partial charge in [-0.2, -0.15) is 9.97 Å². The van der Waals surface area contributed by atoms with Gasteiger partial charge >= 0.3 is 0 Å². The third kappa shape index (κ3) is 4.33. The van der Waals surface area contributed by atoms with Crippen molar-refractivity contribution in [2.45, 2.75) is 37.6 Å². The van der Waals surface area contributed by atoms with Crippen LogP contribution in [0.4, 0.5) is 17.6 Å². The summed E-state index contributed by atoms with van der Waals surface area (Å²) in [6.07, 6.45) is 4.71. The van der Waals surface area contributed by atoms with E-state index in [-0.39, 0.29) is 6.61 Å². The van der Waals surface area contributed by atoms with Crippen molar-refractivity contribution in [3.63, 3.8) is 0 Å². The molecule has 1 aromatic carbocycles. The lowest BCUT2D eigenvalue weighted by Gasteiger charge is -2.33. The largest absolute Gasteiger partial charge is 0.395 e. The number of hydrogen-bond acceptors (Lipinski definition) is 6. The molecule has 0 atom stereocenters. The van der Waals surface area contributed by atoms with Gasteiger partial charge in [0.25, 0.3) is 0 Å². The minimum Gasteiger partial charge on any atom is -0.395 e. The third-order valence-electron chi connectivity index (χ3n) is 5.62. The number of hydrogen-bond donors (Lipinski definition) is 2. The van der Waals surface area contributed by atoms with Gasteiger partial charge in [0.2, 0.25) is 5.95 Å². The van der Waals surface area contributed by atoms with E-state index in [2.05, 4.69) is 57.5 Å². The molecule has 6 nitrogen and oxygen atoms in total. The molecule has 0 bridgehead atoms. The molecule has 6 heteroatoms. The molecule has 1 saturated heterocycles. The van der Waals surface area contributed by atoms with Crippen molar-refractivity contribution < 1.29 is 5.11 Å². The van der Waals surface area contributed by atoms with E-state index in [4.69, 9.17) is 10.1 Å². The van der Waals surface area contributed by atoms with Crippen molar-refractivity contribution >= 4 is 17.6 Å². The first-order valence-electron chi connectivity index (χ1n) is 10.0. The van der Waals surface area contributed by atoms with E-state index in [0.29, 0.717) is 18.5 Å². The van der Waals surface area contributed by atoms with E-state index in [0.717, 1.165) is 43.5 Å². The summed E-state index contributed by atoms with van der Waals surface area (Å²) in [5, 5.41) is 12.3. The number of aliphatic hydroxyl groups excluding tert-OH is 1. The molecule has 0 amide bonds. The zero-order valence-corrected chi connectivity index (χ0v) is 16.0. The molecule has 144 valence electrons. The van der Waals surface area contributed by atoms with Gasteiger partial charge in [-0.05, 0) is 37.2 Å². The highest BCUT2D eigenvalue weighted by Gasteiger charge is 2.29. The smallest absolute Gasteiger partial charge is 0.229 e. The van der Waals surface area contributed by atoms with E-state index in [9.17, 15) is 0 Å². The van der Waals surface area contributed by atoms with E-state index in [1.807, 2.05) is 6.07 Å². The van der Waals surface area contributed by atoms with Crippen molar-refractivity contribution in [1.82, 2.24) is 9.97 Å². The van der Waals surface area contributed by atoms with E-state index in [1.54, 1.807) is 0 Å². The predicted octanol–water partition coefficient (Wildman–Crippen LogP) is 2.86. The molecule has 0 unspecified atom stereocenters. The summed E-state index contributed by atoms with van der Waals surface area (Å²) in [7, 11) is 2.08.